The summed E-state index contributed by atoms with van der Waals surface area (Å²) in [5.74, 6) is 0.0594. The van der Waals surface area contributed by atoms with Crippen LogP contribution in [0.15, 0.2) is 18.2 Å². The average molecular weight is 309 g/mol. The molecule has 0 aliphatic carbocycles. The van der Waals surface area contributed by atoms with Crippen LogP contribution in [0.25, 0.3) is 5.69 Å². The van der Waals surface area contributed by atoms with Gasteiger partial charge in [0.25, 0.3) is 0 Å². The molecule has 0 saturated heterocycles. The van der Waals surface area contributed by atoms with Gasteiger partial charge in [-0.25, -0.2) is 9.48 Å². The highest BCUT2D eigenvalue weighted by Crippen LogP contribution is 2.27. The van der Waals surface area contributed by atoms with E-state index in [1.807, 2.05) is 26.0 Å². The van der Waals surface area contributed by atoms with Gasteiger partial charge >= 0.3 is 5.97 Å². The zero-order chi connectivity index (χ0) is 15.6. The van der Waals surface area contributed by atoms with E-state index < -0.39 is 5.97 Å². The minimum absolute atomic E-state index is 0.206. The number of carbonyl (C=O) groups excluding carboxylic acids is 1. The van der Waals surface area contributed by atoms with Crippen molar-refractivity contribution in [3.63, 3.8) is 0 Å². The van der Waals surface area contributed by atoms with E-state index in [0.717, 1.165) is 5.56 Å². The fourth-order valence-corrected chi connectivity index (χ4v) is 2.11. The third-order valence-corrected chi connectivity index (χ3v) is 3.46. The number of nitrogen functional groups attached to an aromatic ring is 1. The molecule has 0 amide bonds. The predicted octanol–water partition coefficient (Wildman–Crippen LogP) is 2.63. The highest BCUT2D eigenvalue weighted by molar-refractivity contribution is 6.31. The molecule has 0 aliphatic rings. The van der Waals surface area contributed by atoms with Crippen LogP contribution in [0.1, 0.15) is 22.8 Å². The van der Waals surface area contributed by atoms with Crippen molar-refractivity contribution >= 4 is 29.2 Å². The Balaban J connectivity index is 2.58. The Kier molecular flexibility index (Phi) is 4.37. The Bertz CT molecular complexity index is 682. The summed E-state index contributed by atoms with van der Waals surface area (Å²) in [6, 6.07) is 5.45. The number of anilines is 2. The van der Waals surface area contributed by atoms with Gasteiger partial charge in [-0.1, -0.05) is 17.7 Å². The highest BCUT2D eigenvalue weighted by atomic mass is 35.5. The van der Waals surface area contributed by atoms with E-state index in [1.165, 1.54) is 11.8 Å². The first-order valence-corrected chi connectivity index (χ1v) is 6.84. The number of nitrogens with zero attached hydrogens (tertiary/aromatic N) is 2. The molecule has 0 aliphatic heterocycles. The van der Waals surface area contributed by atoms with Crippen molar-refractivity contribution in [3.05, 3.63) is 34.3 Å². The number of hydrogen-bond donors (Lipinski definition) is 2. The van der Waals surface area contributed by atoms with Gasteiger partial charge in [0.1, 0.15) is 11.4 Å². The topological polar surface area (TPSA) is 82.2 Å². The predicted molar refractivity (Wildman–Crippen MR) is 83.2 cm³/mol. The molecule has 0 radical (unpaired) electrons. The van der Waals surface area contributed by atoms with Gasteiger partial charge < -0.3 is 15.8 Å². The summed E-state index contributed by atoms with van der Waals surface area (Å²) in [5.41, 5.74) is 7.89. The molecule has 0 saturated carbocycles. The van der Waals surface area contributed by atoms with E-state index in [0.29, 0.717) is 23.1 Å². The Hall–Kier alpha value is -2.21. The van der Waals surface area contributed by atoms with Crippen LogP contribution in [-0.4, -0.2) is 29.4 Å². The minimum atomic E-state index is -0.534. The molecule has 1 heterocycles. The molecule has 0 atom stereocenters. The van der Waals surface area contributed by atoms with E-state index in [2.05, 4.69) is 10.4 Å². The molecular formula is C14H17ClN4O2. The van der Waals surface area contributed by atoms with Crippen LogP contribution in [-0.2, 0) is 4.74 Å². The zero-order valence-electron chi connectivity index (χ0n) is 12.1. The van der Waals surface area contributed by atoms with Crippen molar-refractivity contribution in [1.82, 2.24) is 9.78 Å². The second kappa shape index (κ2) is 6.05. The van der Waals surface area contributed by atoms with E-state index in [4.69, 9.17) is 22.1 Å². The standard InChI is InChI=1S/C14H17ClN4O2/c1-4-17-13-11(14(20)21-3)12(16)19(18-13)9-6-5-8(2)10(15)7-9/h5-7H,4,16H2,1-3H3,(H,17,18). The fraction of sp³-hybridized carbons (Fsp3) is 0.286. The summed E-state index contributed by atoms with van der Waals surface area (Å²) >= 11 is 6.12. The van der Waals surface area contributed by atoms with Crippen LogP contribution in [0.2, 0.25) is 5.02 Å². The van der Waals surface area contributed by atoms with Gasteiger partial charge in [-0.3, -0.25) is 0 Å². The lowest BCUT2D eigenvalue weighted by atomic mass is 10.2. The van der Waals surface area contributed by atoms with Gasteiger partial charge in [-0.2, -0.15) is 0 Å². The monoisotopic (exact) mass is 308 g/mol. The molecule has 3 N–H and O–H groups in total. The van der Waals surface area contributed by atoms with Gasteiger partial charge in [0.2, 0.25) is 0 Å². The lowest BCUT2D eigenvalue weighted by molar-refractivity contribution is 0.0603. The normalized spacial score (nSPS) is 10.5. The summed E-state index contributed by atoms with van der Waals surface area (Å²) in [6.07, 6.45) is 0. The molecule has 0 fully saturated rings. The van der Waals surface area contributed by atoms with E-state index in [9.17, 15) is 4.79 Å². The first kappa shape index (κ1) is 15.2. The first-order valence-electron chi connectivity index (χ1n) is 6.46. The Morgan fingerprint density at radius 3 is 2.81 bits per heavy atom. The number of nitrogens with two attached hydrogens (primary N) is 1. The maximum absolute atomic E-state index is 11.9. The lowest BCUT2D eigenvalue weighted by Crippen LogP contribution is -2.09. The van der Waals surface area contributed by atoms with Crippen molar-refractivity contribution < 1.29 is 9.53 Å². The van der Waals surface area contributed by atoms with Crippen molar-refractivity contribution in [1.29, 1.82) is 0 Å². The number of benzene rings is 1. The minimum Gasteiger partial charge on any atom is -0.465 e. The number of hydrogen-bond acceptors (Lipinski definition) is 5. The largest absolute Gasteiger partial charge is 0.465 e. The third kappa shape index (κ3) is 2.80. The van der Waals surface area contributed by atoms with Gasteiger partial charge in [-0.15, -0.1) is 5.10 Å². The summed E-state index contributed by atoms with van der Waals surface area (Å²) in [4.78, 5) is 11.9. The number of rotatable bonds is 4. The third-order valence-electron chi connectivity index (χ3n) is 3.05. The van der Waals surface area contributed by atoms with Crippen molar-refractivity contribution in [3.8, 4) is 5.69 Å². The van der Waals surface area contributed by atoms with Gasteiger partial charge in [0.05, 0.1) is 12.8 Å². The average Bonchev–Trinajstić information content (AvgIpc) is 2.78. The molecule has 0 unspecified atom stereocenters. The highest BCUT2D eigenvalue weighted by Gasteiger charge is 2.23. The van der Waals surface area contributed by atoms with Gasteiger partial charge in [0, 0.05) is 11.6 Å². The SMILES string of the molecule is CCNc1nn(-c2ccc(C)c(Cl)c2)c(N)c1C(=O)OC. The van der Waals surface area contributed by atoms with Crippen molar-refractivity contribution in [2.24, 2.45) is 0 Å². The number of ether oxygens (including phenoxy) is 1. The number of halogens is 1. The Morgan fingerprint density at radius 2 is 2.24 bits per heavy atom. The van der Waals surface area contributed by atoms with E-state index >= 15 is 0 Å². The number of aromatic nitrogens is 2. The van der Waals surface area contributed by atoms with Crippen LogP contribution in [0, 0.1) is 6.92 Å². The fourth-order valence-electron chi connectivity index (χ4n) is 1.94. The van der Waals surface area contributed by atoms with Gasteiger partial charge in [-0.05, 0) is 31.5 Å². The lowest BCUT2D eigenvalue weighted by Gasteiger charge is -2.06. The number of aryl methyl sites for hydroxylation is 1. The second-order valence-electron chi connectivity index (χ2n) is 4.48. The zero-order valence-corrected chi connectivity index (χ0v) is 12.9. The van der Waals surface area contributed by atoms with Crippen molar-refractivity contribution in [2.45, 2.75) is 13.8 Å². The molecule has 0 spiro atoms. The molecular weight excluding hydrogens is 292 g/mol. The second-order valence-corrected chi connectivity index (χ2v) is 4.88. The summed E-state index contributed by atoms with van der Waals surface area (Å²) < 4.78 is 6.23. The maximum atomic E-state index is 11.9. The molecule has 21 heavy (non-hydrogen) atoms. The van der Waals surface area contributed by atoms with E-state index in [-0.39, 0.29) is 11.4 Å². The molecule has 1 aromatic carbocycles. The Labute approximate surface area is 127 Å². The van der Waals surface area contributed by atoms with Crippen LogP contribution < -0.4 is 11.1 Å². The smallest absolute Gasteiger partial charge is 0.345 e. The van der Waals surface area contributed by atoms with Crippen LogP contribution >= 0.6 is 11.6 Å². The number of carbonyl (C=O) groups is 1. The molecule has 1 aromatic heterocycles. The number of nitrogens with one attached hydrogen (secondary N) is 1. The molecule has 0 bridgehead atoms. The number of methoxy groups -OCH3 is 1. The summed E-state index contributed by atoms with van der Waals surface area (Å²) in [6.45, 7) is 4.41. The maximum Gasteiger partial charge on any atom is 0.345 e. The summed E-state index contributed by atoms with van der Waals surface area (Å²) in [5, 5.41) is 7.94. The molecule has 2 rings (SSSR count). The first-order chi connectivity index (χ1) is 9.99. The van der Waals surface area contributed by atoms with Crippen LogP contribution in [0.5, 0.6) is 0 Å². The van der Waals surface area contributed by atoms with Gasteiger partial charge in [0.15, 0.2) is 5.82 Å². The summed E-state index contributed by atoms with van der Waals surface area (Å²) in [7, 11) is 1.30. The Morgan fingerprint density at radius 1 is 1.52 bits per heavy atom. The number of esters is 1. The van der Waals surface area contributed by atoms with Crippen LogP contribution in [0.4, 0.5) is 11.6 Å². The van der Waals surface area contributed by atoms with Crippen LogP contribution in [0.3, 0.4) is 0 Å². The molecule has 112 valence electrons. The van der Waals surface area contributed by atoms with Crippen molar-refractivity contribution in [2.75, 3.05) is 24.7 Å². The molecule has 6 nitrogen and oxygen atoms in total. The molecule has 2 aromatic rings. The van der Waals surface area contributed by atoms with E-state index in [1.54, 1.807) is 6.07 Å². The quantitative estimate of drug-likeness (QED) is 0.848. The molecule has 7 heteroatoms.